The third kappa shape index (κ3) is 1.38. The van der Waals surface area contributed by atoms with Gasteiger partial charge in [0.25, 0.3) is 0 Å². The zero-order chi connectivity index (χ0) is 7.68. The van der Waals surface area contributed by atoms with Crippen LogP contribution in [0, 0.1) is 0 Å². The summed E-state index contributed by atoms with van der Waals surface area (Å²) in [7, 11) is 0. The molecule has 1 atom stereocenters. The molecule has 2 saturated heterocycles. The highest BCUT2D eigenvalue weighted by atomic mass is 16.2. The minimum absolute atomic E-state index is 0.197. The molecule has 0 aromatic rings. The maximum Gasteiger partial charge on any atom is 0.234 e. The van der Waals surface area contributed by atoms with Gasteiger partial charge in [-0.25, -0.2) is 0 Å². The normalized spacial score (nSPS) is 32.7. The standard InChI is InChI=1S/C8H14N2O/c11-8-6-10-4-2-1-3-7(10)5-9-8/h7H,1-6H2,(H,9,11). The molecular formula is C8H14N2O. The number of hydrogen-bond donors (Lipinski definition) is 1. The minimum Gasteiger partial charge on any atom is -0.353 e. The van der Waals surface area contributed by atoms with Crippen molar-refractivity contribution in [1.29, 1.82) is 0 Å². The first kappa shape index (κ1) is 7.10. The molecule has 2 aliphatic heterocycles. The first-order chi connectivity index (χ1) is 5.36. The van der Waals surface area contributed by atoms with E-state index in [2.05, 4.69) is 10.2 Å². The highest BCUT2D eigenvalue weighted by Gasteiger charge is 2.27. The van der Waals surface area contributed by atoms with Gasteiger partial charge in [0.15, 0.2) is 0 Å². The second-order valence-electron chi connectivity index (χ2n) is 3.42. The average Bonchev–Trinajstić information content (AvgIpc) is 2.04. The summed E-state index contributed by atoms with van der Waals surface area (Å²) in [5, 5.41) is 2.90. The summed E-state index contributed by atoms with van der Waals surface area (Å²) in [4.78, 5) is 13.3. The zero-order valence-electron chi connectivity index (χ0n) is 6.68. The van der Waals surface area contributed by atoms with Crippen LogP contribution in [0.25, 0.3) is 0 Å². The van der Waals surface area contributed by atoms with Crippen molar-refractivity contribution in [1.82, 2.24) is 10.2 Å². The molecule has 0 bridgehead atoms. The van der Waals surface area contributed by atoms with Crippen molar-refractivity contribution in [3.63, 3.8) is 0 Å². The Hall–Kier alpha value is -0.570. The Kier molecular flexibility index (Phi) is 1.82. The lowest BCUT2D eigenvalue weighted by atomic mass is 10.0. The fourth-order valence-electron chi connectivity index (χ4n) is 1.97. The number of rotatable bonds is 0. The summed E-state index contributed by atoms with van der Waals surface area (Å²) in [6.07, 6.45) is 3.86. The van der Waals surface area contributed by atoms with Crippen molar-refractivity contribution < 1.29 is 4.79 Å². The lowest BCUT2D eigenvalue weighted by molar-refractivity contribution is -0.126. The van der Waals surface area contributed by atoms with Gasteiger partial charge >= 0.3 is 0 Å². The van der Waals surface area contributed by atoms with E-state index in [1.54, 1.807) is 0 Å². The van der Waals surface area contributed by atoms with Gasteiger partial charge in [-0.15, -0.1) is 0 Å². The van der Waals surface area contributed by atoms with Crippen LogP contribution >= 0.6 is 0 Å². The van der Waals surface area contributed by atoms with Crippen LogP contribution in [-0.2, 0) is 4.79 Å². The maximum atomic E-state index is 11.0. The first-order valence-corrected chi connectivity index (χ1v) is 4.37. The van der Waals surface area contributed by atoms with Crippen molar-refractivity contribution >= 4 is 5.91 Å². The van der Waals surface area contributed by atoms with Gasteiger partial charge in [-0.05, 0) is 19.4 Å². The van der Waals surface area contributed by atoms with Crippen molar-refractivity contribution in [3.8, 4) is 0 Å². The number of amides is 1. The Labute approximate surface area is 66.8 Å². The van der Waals surface area contributed by atoms with Crippen molar-refractivity contribution in [3.05, 3.63) is 0 Å². The monoisotopic (exact) mass is 154 g/mol. The average molecular weight is 154 g/mol. The van der Waals surface area contributed by atoms with Gasteiger partial charge in [0, 0.05) is 12.6 Å². The van der Waals surface area contributed by atoms with Gasteiger partial charge in [-0.1, -0.05) is 6.42 Å². The van der Waals surface area contributed by atoms with E-state index in [9.17, 15) is 4.79 Å². The van der Waals surface area contributed by atoms with Gasteiger partial charge in [0.1, 0.15) is 0 Å². The summed E-state index contributed by atoms with van der Waals surface area (Å²) < 4.78 is 0. The van der Waals surface area contributed by atoms with Crippen LogP contribution in [0.2, 0.25) is 0 Å². The fourth-order valence-corrected chi connectivity index (χ4v) is 1.97. The molecule has 0 aromatic carbocycles. The van der Waals surface area contributed by atoms with Crippen LogP contribution in [0.1, 0.15) is 19.3 Å². The van der Waals surface area contributed by atoms with E-state index < -0.39 is 0 Å². The molecule has 3 heteroatoms. The fraction of sp³-hybridized carbons (Fsp3) is 0.875. The molecule has 2 heterocycles. The Bertz CT molecular complexity index is 169. The Morgan fingerprint density at radius 3 is 3.27 bits per heavy atom. The van der Waals surface area contributed by atoms with Crippen LogP contribution in [-0.4, -0.2) is 36.5 Å². The van der Waals surface area contributed by atoms with E-state index in [-0.39, 0.29) is 5.91 Å². The third-order valence-electron chi connectivity index (χ3n) is 2.63. The molecule has 11 heavy (non-hydrogen) atoms. The second-order valence-corrected chi connectivity index (χ2v) is 3.42. The topological polar surface area (TPSA) is 32.3 Å². The van der Waals surface area contributed by atoms with E-state index in [1.165, 1.54) is 19.3 Å². The van der Waals surface area contributed by atoms with Crippen LogP contribution in [0.3, 0.4) is 0 Å². The largest absolute Gasteiger partial charge is 0.353 e. The van der Waals surface area contributed by atoms with Crippen molar-refractivity contribution in [2.75, 3.05) is 19.6 Å². The van der Waals surface area contributed by atoms with E-state index in [1.807, 2.05) is 0 Å². The molecular weight excluding hydrogens is 140 g/mol. The van der Waals surface area contributed by atoms with Gasteiger partial charge in [0.05, 0.1) is 6.54 Å². The zero-order valence-corrected chi connectivity index (χ0v) is 6.68. The molecule has 2 aliphatic rings. The molecule has 2 fully saturated rings. The number of hydrogen-bond acceptors (Lipinski definition) is 2. The molecule has 0 radical (unpaired) electrons. The molecule has 2 rings (SSSR count). The number of carbonyl (C=O) groups excluding carboxylic acids is 1. The van der Waals surface area contributed by atoms with E-state index in [0.717, 1.165) is 13.1 Å². The predicted octanol–water partition coefficient (Wildman–Crippen LogP) is -0.0293. The number of piperidine rings is 1. The third-order valence-corrected chi connectivity index (χ3v) is 2.63. The van der Waals surface area contributed by atoms with Crippen molar-refractivity contribution in [2.45, 2.75) is 25.3 Å². The lowest BCUT2D eigenvalue weighted by Crippen LogP contribution is -2.55. The van der Waals surface area contributed by atoms with Gasteiger partial charge in [0.2, 0.25) is 5.91 Å². The predicted molar refractivity (Wildman–Crippen MR) is 42.2 cm³/mol. The number of piperazine rings is 1. The quantitative estimate of drug-likeness (QED) is 0.531. The smallest absolute Gasteiger partial charge is 0.234 e. The second kappa shape index (κ2) is 2.81. The summed E-state index contributed by atoms with van der Waals surface area (Å²) in [6.45, 7) is 2.63. The summed E-state index contributed by atoms with van der Waals surface area (Å²) >= 11 is 0. The Balaban J connectivity index is 1.98. The molecule has 0 spiro atoms. The summed E-state index contributed by atoms with van der Waals surface area (Å²) in [6, 6.07) is 0.640. The van der Waals surface area contributed by atoms with Crippen LogP contribution in [0.15, 0.2) is 0 Å². The molecule has 1 amide bonds. The summed E-state index contributed by atoms with van der Waals surface area (Å²) in [5.74, 6) is 0.197. The number of nitrogens with zero attached hydrogens (tertiary/aromatic N) is 1. The Morgan fingerprint density at radius 2 is 2.36 bits per heavy atom. The first-order valence-electron chi connectivity index (χ1n) is 4.37. The molecule has 0 aromatic heterocycles. The van der Waals surface area contributed by atoms with Crippen LogP contribution in [0.4, 0.5) is 0 Å². The minimum atomic E-state index is 0.197. The highest BCUT2D eigenvalue weighted by molar-refractivity contribution is 5.78. The number of nitrogens with one attached hydrogen (secondary N) is 1. The lowest BCUT2D eigenvalue weighted by Gasteiger charge is -2.38. The van der Waals surface area contributed by atoms with E-state index in [4.69, 9.17) is 0 Å². The SMILES string of the molecule is O=C1CN2CCCCC2CN1. The molecule has 0 saturated carbocycles. The molecule has 1 unspecified atom stereocenters. The maximum absolute atomic E-state index is 11.0. The van der Waals surface area contributed by atoms with E-state index in [0.29, 0.717) is 12.6 Å². The molecule has 0 aliphatic carbocycles. The van der Waals surface area contributed by atoms with Gasteiger partial charge in [-0.2, -0.15) is 0 Å². The number of carbonyl (C=O) groups is 1. The van der Waals surface area contributed by atoms with Crippen molar-refractivity contribution in [2.24, 2.45) is 0 Å². The van der Waals surface area contributed by atoms with Gasteiger partial charge < -0.3 is 5.32 Å². The van der Waals surface area contributed by atoms with Crippen LogP contribution < -0.4 is 5.32 Å². The van der Waals surface area contributed by atoms with Gasteiger partial charge in [-0.3, -0.25) is 9.69 Å². The number of fused-ring (bicyclic) bond motifs is 1. The molecule has 1 N–H and O–H groups in total. The molecule has 3 nitrogen and oxygen atoms in total. The van der Waals surface area contributed by atoms with E-state index >= 15 is 0 Å². The van der Waals surface area contributed by atoms with Crippen LogP contribution in [0.5, 0.6) is 0 Å². The Morgan fingerprint density at radius 1 is 1.45 bits per heavy atom. The highest BCUT2D eigenvalue weighted by Crippen LogP contribution is 2.17. The molecule has 62 valence electrons. The summed E-state index contributed by atoms with van der Waals surface area (Å²) in [5.41, 5.74) is 0.